The molecular formula is C25H50N2O7S. The van der Waals surface area contributed by atoms with Gasteiger partial charge in [-0.05, 0) is 64.4 Å². The van der Waals surface area contributed by atoms with Crippen LogP contribution >= 0.6 is 0 Å². The van der Waals surface area contributed by atoms with Gasteiger partial charge in [0.15, 0.2) is 0 Å². The number of hydrogen-bond acceptors (Lipinski definition) is 6. The van der Waals surface area contributed by atoms with Crippen LogP contribution in [0.15, 0.2) is 12.7 Å². The summed E-state index contributed by atoms with van der Waals surface area (Å²) < 4.78 is 30.1. The van der Waals surface area contributed by atoms with E-state index < -0.39 is 45.1 Å². The predicted molar refractivity (Wildman–Crippen MR) is 141 cm³/mol. The summed E-state index contributed by atoms with van der Waals surface area (Å²) in [6.45, 7) is 23.5. The number of hydrogen-bond donors (Lipinski definition) is 3. The van der Waals surface area contributed by atoms with Crippen LogP contribution in [0.3, 0.4) is 0 Å². The van der Waals surface area contributed by atoms with Gasteiger partial charge in [0.05, 0.1) is 5.92 Å². The van der Waals surface area contributed by atoms with Gasteiger partial charge in [-0.2, -0.15) is 8.42 Å². The second-order valence-electron chi connectivity index (χ2n) is 8.62. The SMILES string of the molecule is C=CCC(C(=O)O)(C(C(=O)O)C1CCCCC1)S(=O)(=O)O.CCN(CC)CC.CCN(CC)CC. The standard InChI is InChI=1S/C13H20O7S.2C6H15N/c1-2-8-13(12(16)17,21(18,19)20)10(11(14)15)9-6-4-3-5-7-9;2*1-4-7(5-2)6-3/h2,9-10H,1,3-8H2,(H,14,15)(H,16,17)(H,18,19,20);2*4-6H2,1-3H3. The largest absolute Gasteiger partial charge is 0.481 e. The van der Waals surface area contributed by atoms with E-state index in [-0.39, 0.29) is 0 Å². The van der Waals surface area contributed by atoms with Gasteiger partial charge >= 0.3 is 11.9 Å². The van der Waals surface area contributed by atoms with Crippen molar-refractivity contribution < 1.29 is 32.8 Å². The lowest BCUT2D eigenvalue weighted by atomic mass is 9.72. The topological polar surface area (TPSA) is 135 Å². The molecule has 1 aliphatic rings. The van der Waals surface area contributed by atoms with E-state index in [1.165, 1.54) is 39.3 Å². The second kappa shape index (κ2) is 18.7. The molecule has 0 bridgehead atoms. The predicted octanol–water partition coefficient (Wildman–Crippen LogP) is 4.25. The van der Waals surface area contributed by atoms with Gasteiger partial charge in [0.25, 0.3) is 10.1 Å². The third-order valence-corrected chi connectivity index (χ3v) is 8.36. The van der Waals surface area contributed by atoms with Crippen molar-refractivity contribution in [2.24, 2.45) is 11.8 Å². The van der Waals surface area contributed by atoms with Gasteiger partial charge in [0.2, 0.25) is 4.75 Å². The van der Waals surface area contributed by atoms with Gasteiger partial charge in [-0.15, -0.1) is 6.58 Å². The lowest BCUT2D eigenvalue weighted by Gasteiger charge is -2.37. The smallest absolute Gasteiger partial charge is 0.328 e. The van der Waals surface area contributed by atoms with Gasteiger partial charge in [-0.3, -0.25) is 14.1 Å². The molecule has 0 aliphatic heterocycles. The highest BCUT2D eigenvalue weighted by atomic mass is 32.2. The zero-order valence-corrected chi connectivity index (χ0v) is 23.5. The molecule has 0 radical (unpaired) electrons. The van der Waals surface area contributed by atoms with Crippen LogP contribution in [0.1, 0.15) is 80.1 Å². The molecule has 0 aromatic rings. The third kappa shape index (κ3) is 11.4. The average molecular weight is 523 g/mol. The van der Waals surface area contributed by atoms with Crippen LogP contribution in [0, 0.1) is 11.8 Å². The fourth-order valence-corrected chi connectivity index (χ4v) is 5.69. The van der Waals surface area contributed by atoms with Crippen molar-refractivity contribution in [3.05, 3.63) is 12.7 Å². The highest BCUT2D eigenvalue weighted by Gasteiger charge is 2.60. The highest BCUT2D eigenvalue weighted by Crippen LogP contribution is 2.42. The maximum absolute atomic E-state index is 11.7. The molecule has 1 saturated carbocycles. The van der Waals surface area contributed by atoms with Crippen molar-refractivity contribution in [1.29, 1.82) is 0 Å². The van der Waals surface area contributed by atoms with E-state index in [1.807, 2.05) is 0 Å². The molecule has 10 heteroatoms. The van der Waals surface area contributed by atoms with Crippen molar-refractivity contribution in [3.63, 3.8) is 0 Å². The summed E-state index contributed by atoms with van der Waals surface area (Å²) in [5.41, 5.74) is 0. The van der Waals surface area contributed by atoms with Gasteiger partial charge in [-0.1, -0.05) is 66.9 Å². The molecule has 0 amide bonds. The zero-order chi connectivity index (χ0) is 27.7. The minimum Gasteiger partial charge on any atom is -0.481 e. The minimum absolute atomic E-state index is 0.429. The van der Waals surface area contributed by atoms with Gasteiger partial charge in [0.1, 0.15) is 0 Å². The number of allylic oxidation sites excluding steroid dienone is 1. The molecule has 1 fully saturated rings. The third-order valence-electron chi connectivity index (χ3n) is 6.84. The highest BCUT2D eigenvalue weighted by molar-refractivity contribution is 7.88. The Morgan fingerprint density at radius 2 is 1.26 bits per heavy atom. The Kier molecular flexibility index (Phi) is 19.1. The Balaban J connectivity index is 0. The van der Waals surface area contributed by atoms with E-state index in [0.29, 0.717) is 25.7 Å². The molecular weight excluding hydrogens is 472 g/mol. The van der Waals surface area contributed by atoms with Gasteiger partial charge in [-0.25, -0.2) is 0 Å². The summed E-state index contributed by atoms with van der Waals surface area (Å²) in [5.74, 6) is -5.69. The Labute approximate surface area is 213 Å². The van der Waals surface area contributed by atoms with Crippen molar-refractivity contribution in [3.8, 4) is 0 Å². The molecule has 2 atom stereocenters. The van der Waals surface area contributed by atoms with E-state index in [9.17, 15) is 32.8 Å². The van der Waals surface area contributed by atoms with E-state index in [0.717, 1.165) is 12.5 Å². The van der Waals surface area contributed by atoms with Crippen LogP contribution in [0.4, 0.5) is 0 Å². The first-order valence-electron chi connectivity index (χ1n) is 12.9. The van der Waals surface area contributed by atoms with Crippen LogP contribution in [0.2, 0.25) is 0 Å². The van der Waals surface area contributed by atoms with E-state index in [2.05, 4.69) is 57.9 Å². The molecule has 1 aliphatic carbocycles. The number of aliphatic carboxylic acids is 2. The van der Waals surface area contributed by atoms with Crippen LogP contribution < -0.4 is 0 Å². The first kappa shape index (κ1) is 35.7. The van der Waals surface area contributed by atoms with Crippen molar-refractivity contribution >= 4 is 22.1 Å². The summed E-state index contributed by atoms with van der Waals surface area (Å²) in [6.07, 6.45) is 3.54. The van der Waals surface area contributed by atoms with E-state index in [1.54, 1.807) is 0 Å². The summed E-state index contributed by atoms with van der Waals surface area (Å²) >= 11 is 0. The summed E-state index contributed by atoms with van der Waals surface area (Å²) in [5, 5.41) is 18.8. The number of carboxylic acids is 2. The normalized spacial score (nSPS) is 16.8. The van der Waals surface area contributed by atoms with Crippen molar-refractivity contribution in [1.82, 2.24) is 9.80 Å². The molecule has 0 spiro atoms. The number of nitrogens with zero attached hydrogens (tertiary/aromatic N) is 2. The van der Waals surface area contributed by atoms with E-state index in [4.69, 9.17) is 0 Å². The molecule has 0 aromatic carbocycles. The lowest BCUT2D eigenvalue weighted by molar-refractivity contribution is -0.154. The van der Waals surface area contributed by atoms with Crippen LogP contribution in [0.5, 0.6) is 0 Å². The quantitative estimate of drug-likeness (QED) is 0.239. The average Bonchev–Trinajstić information content (AvgIpc) is 2.81. The van der Waals surface area contributed by atoms with Crippen LogP contribution in [-0.2, 0) is 19.7 Å². The Bertz CT molecular complexity index is 678. The maximum Gasteiger partial charge on any atom is 0.328 e. The molecule has 0 heterocycles. The Morgan fingerprint density at radius 1 is 0.886 bits per heavy atom. The zero-order valence-electron chi connectivity index (χ0n) is 22.7. The Morgan fingerprint density at radius 3 is 1.46 bits per heavy atom. The van der Waals surface area contributed by atoms with Gasteiger partial charge < -0.3 is 20.0 Å². The number of carbonyl (C=O) groups is 2. The minimum atomic E-state index is -5.13. The summed E-state index contributed by atoms with van der Waals surface area (Å²) in [7, 11) is -5.13. The van der Waals surface area contributed by atoms with Gasteiger partial charge in [0, 0.05) is 0 Å². The molecule has 3 N–H and O–H groups in total. The first-order valence-corrected chi connectivity index (χ1v) is 14.3. The number of rotatable bonds is 13. The van der Waals surface area contributed by atoms with Crippen molar-refractivity contribution in [2.45, 2.75) is 84.8 Å². The number of carboxylic acid groups (broad SMARTS) is 2. The Hall–Kier alpha value is -1.49. The molecule has 9 nitrogen and oxygen atoms in total. The molecule has 0 aromatic heterocycles. The molecule has 35 heavy (non-hydrogen) atoms. The van der Waals surface area contributed by atoms with E-state index >= 15 is 0 Å². The lowest BCUT2D eigenvalue weighted by Crippen LogP contribution is -2.57. The first-order chi connectivity index (χ1) is 16.4. The van der Waals surface area contributed by atoms with Crippen LogP contribution in [-0.4, -0.2) is 88.9 Å². The fraction of sp³-hybridized carbons (Fsp3) is 0.840. The molecule has 208 valence electrons. The fourth-order valence-electron chi connectivity index (χ4n) is 4.53. The summed E-state index contributed by atoms with van der Waals surface area (Å²) in [6, 6.07) is 0. The monoisotopic (exact) mass is 522 g/mol. The maximum atomic E-state index is 11.7. The molecule has 0 saturated heterocycles. The molecule has 2 unspecified atom stereocenters. The second-order valence-corrected chi connectivity index (χ2v) is 10.3. The summed E-state index contributed by atoms with van der Waals surface area (Å²) in [4.78, 5) is 27.9. The van der Waals surface area contributed by atoms with Crippen LogP contribution in [0.25, 0.3) is 0 Å². The van der Waals surface area contributed by atoms with Crippen molar-refractivity contribution in [2.75, 3.05) is 39.3 Å². The molecule has 1 rings (SSSR count).